The minimum Gasteiger partial charge on any atom is -0.301 e. The normalized spacial score (nSPS) is 18.8. The average Bonchev–Trinajstić information content (AvgIpc) is 2.61. The summed E-state index contributed by atoms with van der Waals surface area (Å²) >= 11 is 0. The SMILES string of the molecule is CCN1CCN([C@@H](C)CS(=O)(=O)c2ccc3ccccc3c2)CC1. The summed E-state index contributed by atoms with van der Waals surface area (Å²) < 4.78 is 25.6. The summed E-state index contributed by atoms with van der Waals surface area (Å²) in [4.78, 5) is 5.13. The monoisotopic (exact) mass is 346 g/mol. The van der Waals surface area contributed by atoms with Gasteiger partial charge in [0.25, 0.3) is 0 Å². The maximum atomic E-state index is 12.8. The number of hydrogen-bond acceptors (Lipinski definition) is 4. The van der Waals surface area contributed by atoms with E-state index in [1.54, 1.807) is 12.1 Å². The second-order valence-corrected chi connectivity index (χ2v) is 8.64. The Morgan fingerprint density at radius 1 is 1.00 bits per heavy atom. The zero-order chi connectivity index (χ0) is 17.2. The molecule has 130 valence electrons. The molecule has 0 amide bonds. The van der Waals surface area contributed by atoms with Gasteiger partial charge in [0, 0.05) is 32.2 Å². The molecule has 2 aromatic carbocycles. The number of hydrogen-bond donors (Lipinski definition) is 0. The lowest BCUT2D eigenvalue weighted by molar-refractivity contribution is 0.113. The molecule has 0 aromatic heterocycles. The Bertz CT molecular complexity index is 796. The van der Waals surface area contributed by atoms with Gasteiger partial charge in [0.2, 0.25) is 0 Å². The summed E-state index contributed by atoms with van der Waals surface area (Å²) in [6, 6.07) is 13.3. The van der Waals surface area contributed by atoms with Gasteiger partial charge in [-0.25, -0.2) is 8.42 Å². The molecule has 2 aromatic rings. The van der Waals surface area contributed by atoms with Crippen LogP contribution in [0.4, 0.5) is 0 Å². The molecule has 1 atom stereocenters. The van der Waals surface area contributed by atoms with Gasteiger partial charge in [0.15, 0.2) is 9.84 Å². The molecule has 0 saturated carbocycles. The van der Waals surface area contributed by atoms with Crippen LogP contribution < -0.4 is 0 Å². The van der Waals surface area contributed by atoms with E-state index in [0.29, 0.717) is 4.90 Å². The van der Waals surface area contributed by atoms with Crippen molar-refractivity contribution in [3.8, 4) is 0 Å². The van der Waals surface area contributed by atoms with E-state index in [4.69, 9.17) is 0 Å². The number of sulfone groups is 1. The Morgan fingerprint density at radius 3 is 2.33 bits per heavy atom. The Labute approximate surface area is 145 Å². The molecule has 24 heavy (non-hydrogen) atoms. The van der Waals surface area contributed by atoms with Crippen molar-refractivity contribution in [1.82, 2.24) is 9.80 Å². The van der Waals surface area contributed by atoms with Crippen LogP contribution in [0, 0.1) is 0 Å². The van der Waals surface area contributed by atoms with E-state index in [1.807, 2.05) is 37.3 Å². The van der Waals surface area contributed by atoms with Crippen LogP contribution in [0.15, 0.2) is 47.4 Å². The van der Waals surface area contributed by atoms with Crippen LogP contribution in [0.3, 0.4) is 0 Å². The van der Waals surface area contributed by atoms with Gasteiger partial charge in [-0.2, -0.15) is 0 Å². The van der Waals surface area contributed by atoms with Gasteiger partial charge in [0.05, 0.1) is 10.6 Å². The topological polar surface area (TPSA) is 40.6 Å². The molecule has 0 unspecified atom stereocenters. The number of benzene rings is 2. The van der Waals surface area contributed by atoms with Crippen molar-refractivity contribution >= 4 is 20.6 Å². The Morgan fingerprint density at radius 2 is 1.67 bits per heavy atom. The zero-order valence-electron chi connectivity index (χ0n) is 14.5. The lowest BCUT2D eigenvalue weighted by atomic mass is 10.1. The number of fused-ring (bicyclic) bond motifs is 1. The van der Waals surface area contributed by atoms with E-state index in [9.17, 15) is 8.42 Å². The third kappa shape index (κ3) is 3.79. The van der Waals surface area contributed by atoms with Crippen LogP contribution in [0.5, 0.6) is 0 Å². The highest BCUT2D eigenvalue weighted by molar-refractivity contribution is 7.91. The first kappa shape index (κ1) is 17.4. The summed E-state index contributed by atoms with van der Waals surface area (Å²) in [5.74, 6) is 0.178. The van der Waals surface area contributed by atoms with Gasteiger partial charge >= 0.3 is 0 Å². The van der Waals surface area contributed by atoms with Crippen LogP contribution in [-0.4, -0.2) is 62.7 Å². The van der Waals surface area contributed by atoms with Crippen molar-refractivity contribution in [2.75, 3.05) is 38.5 Å². The Kier molecular flexibility index (Phi) is 5.23. The highest BCUT2D eigenvalue weighted by Gasteiger charge is 2.25. The lowest BCUT2D eigenvalue weighted by Crippen LogP contribution is -2.50. The van der Waals surface area contributed by atoms with Crippen molar-refractivity contribution < 1.29 is 8.42 Å². The quantitative estimate of drug-likeness (QED) is 0.834. The van der Waals surface area contributed by atoms with Crippen molar-refractivity contribution in [1.29, 1.82) is 0 Å². The standard InChI is InChI=1S/C19H26N2O2S/c1-3-20-10-12-21(13-11-20)16(2)15-24(22,23)19-9-8-17-6-4-5-7-18(17)14-19/h4-9,14,16H,3,10-13,15H2,1-2H3/t16-/m0/s1. The second-order valence-electron chi connectivity index (χ2n) is 6.61. The molecule has 5 heteroatoms. The zero-order valence-corrected chi connectivity index (χ0v) is 15.3. The molecule has 1 fully saturated rings. The van der Waals surface area contributed by atoms with Gasteiger partial charge in [0.1, 0.15) is 0 Å². The molecule has 0 spiro atoms. The number of nitrogens with zero attached hydrogens (tertiary/aromatic N) is 2. The van der Waals surface area contributed by atoms with Crippen molar-refractivity contribution in [2.24, 2.45) is 0 Å². The largest absolute Gasteiger partial charge is 0.301 e. The molecule has 0 N–H and O–H groups in total. The first-order chi connectivity index (χ1) is 11.5. The van der Waals surface area contributed by atoms with Crippen LogP contribution in [0.1, 0.15) is 13.8 Å². The van der Waals surface area contributed by atoms with Gasteiger partial charge < -0.3 is 4.90 Å². The fourth-order valence-corrected chi connectivity index (χ4v) is 5.02. The van der Waals surface area contributed by atoms with E-state index < -0.39 is 9.84 Å². The summed E-state index contributed by atoms with van der Waals surface area (Å²) in [5, 5.41) is 2.04. The fourth-order valence-electron chi connectivity index (χ4n) is 3.40. The molecule has 3 rings (SSSR count). The number of piperazine rings is 1. The predicted molar refractivity (Wildman–Crippen MR) is 99.1 cm³/mol. The number of rotatable bonds is 5. The molecular weight excluding hydrogens is 320 g/mol. The van der Waals surface area contributed by atoms with Gasteiger partial charge in [-0.3, -0.25) is 4.90 Å². The maximum absolute atomic E-state index is 12.8. The van der Waals surface area contributed by atoms with Crippen LogP contribution in [-0.2, 0) is 9.84 Å². The van der Waals surface area contributed by atoms with Crippen molar-refractivity contribution in [2.45, 2.75) is 24.8 Å². The molecule has 4 nitrogen and oxygen atoms in total. The summed E-state index contributed by atoms with van der Waals surface area (Å²) in [7, 11) is -3.27. The molecule has 0 radical (unpaired) electrons. The molecule has 1 aliphatic heterocycles. The van der Waals surface area contributed by atoms with E-state index in [-0.39, 0.29) is 11.8 Å². The summed E-state index contributed by atoms with van der Waals surface area (Å²) in [6.45, 7) is 9.21. The highest BCUT2D eigenvalue weighted by atomic mass is 32.2. The minimum absolute atomic E-state index is 0.0421. The molecule has 0 bridgehead atoms. The van der Waals surface area contributed by atoms with Gasteiger partial charge in [-0.1, -0.05) is 37.3 Å². The Balaban J connectivity index is 1.72. The van der Waals surface area contributed by atoms with E-state index >= 15 is 0 Å². The minimum atomic E-state index is -3.27. The summed E-state index contributed by atoms with van der Waals surface area (Å²) in [6.07, 6.45) is 0. The third-order valence-corrected chi connectivity index (χ3v) is 6.91. The fraction of sp³-hybridized carbons (Fsp3) is 0.474. The molecule has 1 aliphatic rings. The van der Waals surface area contributed by atoms with Crippen LogP contribution in [0.25, 0.3) is 10.8 Å². The Hall–Kier alpha value is -1.43. The van der Waals surface area contributed by atoms with E-state index in [2.05, 4.69) is 16.7 Å². The second kappa shape index (κ2) is 7.21. The molecular formula is C19H26N2O2S. The predicted octanol–water partition coefficient (Wildman–Crippen LogP) is 2.64. The smallest absolute Gasteiger partial charge is 0.179 e. The third-order valence-electron chi connectivity index (χ3n) is 5.02. The molecule has 0 aliphatic carbocycles. The lowest BCUT2D eigenvalue weighted by Gasteiger charge is -2.37. The first-order valence-electron chi connectivity index (χ1n) is 8.67. The first-order valence-corrected chi connectivity index (χ1v) is 10.3. The van der Waals surface area contributed by atoms with Crippen molar-refractivity contribution in [3.63, 3.8) is 0 Å². The van der Waals surface area contributed by atoms with Crippen LogP contribution >= 0.6 is 0 Å². The van der Waals surface area contributed by atoms with Crippen molar-refractivity contribution in [3.05, 3.63) is 42.5 Å². The highest BCUT2D eigenvalue weighted by Crippen LogP contribution is 2.21. The summed E-state index contributed by atoms with van der Waals surface area (Å²) in [5.41, 5.74) is 0. The average molecular weight is 346 g/mol. The number of likely N-dealkylation sites (N-methyl/N-ethyl adjacent to an activating group) is 1. The molecule has 1 saturated heterocycles. The van der Waals surface area contributed by atoms with E-state index in [0.717, 1.165) is 43.5 Å². The van der Waals surface area contributed by atoms with Gasteiger partial charge in [-0.15, -0.1) is 0 Å². The van der Waals surface area contributed by atoms with Gasteiger partial charge in [-0.05, 0) is 36.4 Å². The van der Waals surface area contributed by atoms with E-state index in [1.165, 1.54) is 0 Å². The maximum Gasteiger partial charge on any atom is 0.179 e. The molecule has 1 heterocycles. The van der Waals surface area contributed by atoms with Crippen LogP contribution in [0.2, 0.25) is 0 Å².